The predicted molar refractivity (Wildman–Crippen MR) is 86.9 cm³/mol. The minimum absolute atomic E-state index is 0.163. The van der Waals surface area contributed by atoms with Gasteiger partial charge in [0.15, 0.2) is 0 Å². The molecule has 2 aromatic rings. The first-order chi connectivity index (χ1) is 10.6. The maximum Gasteiger partial charge on any atom is 0.256 e. The van der Waals surface area contributed by atoms with E-state index >= 15 is 0 Å². The highest BCUT2D eigenvalue weighted by Crippen LogP contribution is 2.27. The van der Waals surface area contributed by atoms with Crippen molar-refractivity contribution in [2.24, 2.45) is 0 Å². The Bertz CT molecular complexity index is 722. The molecule has 1 N–H and O–H groups in total. The highest BCUT2D eigenvalue weighted by molar-refractivity contribution is 6.23. The molecular weight excluding hydrogens is 276 g/mol. The summed E-state index contributed by atoms with van der Waals surface area (Å²) in [5, 5.41) is 3.16. The summed E-state index contributed by atoms with van der Waals surface area (Å²) in [4.78, 5) is 26.1. The van der Waals surface area contributed by atoms with E-state index in [-0.39, 0.29) is 18.2 Å². The molecule has 2 amide bonds. The van der Waals surface area contributed by atoms with Gasteiger partial charge in [0.05, 0.1) is 12.1 Å². The molecule has 1 aliphatic rings. The van der Waals surface area contributed by atoms with E-state index in [0.717, 1.165) is 16.8 Å². The van der Waals surface area contributed by atoms with Crippen LogP contribution in [0.1, 0.15) is 17.5 Å². The predicted octanol–water partition coefficient (Wildman–Crippen LogP) is 3.05. The van der Waals surface area contributed by atoms with Gasteiger partial charge in [-0.3, -0.25) is 9.59 Å². The zero-order chi connectivity index (χ0) is 15.7. The van der Waals surface area contributed by atoms with Gasteiger partial charge in [0.2, 0.25) is 5.91 Å². The number of anilines is 2. The molecule has 2 aromatic carbocycles. The van der Waals surface area contributed by atoms with Crippen molar-refractivity contribution >= 4 is 23.2 Å². The van der Waals surface area contributed by atoms with Gasteiger partial charge in [0, 0.05) is 5.69 Å². The summed E-state index contributed by atoms with van der Waals surface area (Å²) in [6.45, 7) is 3.91. The largest absolute Gasteiger partial charge is 0.373 e. The van der Waals surface area contributed by atoms with E-state index in [1.54, 1.807) is 6.07 Å². The van der Waals surface area contributed by atoms with Crippen LogP contribution in [0.3, 0.4) is 0 Å². The van der Waals surface area contributed by atoms with E-state index in [9.17, 15) is 9.59 Å². The van der Waals surface area contributed by atoms with Crippen LogP contribution in [0.4, 0.5) is 11.4 Å². The van der Waals surface area contributed by atoms with Crippen LogP contribution in [0.2, 0.25) is 0 Å². The zero-order valence-electron chi connectivity index (χ0n) is 12.7. The molecule has 0 unspecified atom stereocenters. The second-order valence-corrected chi connectivity index (χ2v) is 5.62. The van der Waals surface area contributed by atoms with Crippen LogP contribution in [0, 0.1) is 13.8 Å². The molecule has 1 aliphatic heterocycles. The fourth-order valence-electron chi connectivity index (χ4n) is 2.66. The van der Waals surface area contributed by atoms with Gasteiger partial charge in [-0.1, -0.05) is 35.9 Å². The number of hydrogen-bond acceptors (Lipinski definition) is 3. The first kappa shape index (κ1) is 14.3. The molecule has 1 saturated heterocycles. The number of imide groups is 1. The number of nitrogens with one attached hydrogen (secondary N) is 1. The summed E-state index contributed by atoms with van der Waals surface area (Å²) in [7, 11) is 0. The molecule has 3 rings (SSSR count). The van der Waals surface area contributed by atoms with Crippen LogP contribution in [0.5, 0.6) is 0 Å². The Morgan fingerprint density at radius 1 is 1.00 bits per heavy atom. The van der Waals surface area contributed by atoms with Crippen LogP contribution < -0.4 is 10.2 Å². The molecule has 1 fully saturated rings. The van der Waals surface area contributed by atoms with Gasteiger partial charge in [-0.2, -0.15) is 0 Å². The van der Waals surface area contributed by atoms with Crippen LogP contribution in [0.15, 0.2) is 48.5 Å². The van der Waals surface area contributed by atoms with Gasteiger partial charge in [0.25, 0.3) is 5.91 Å². The summed E-state index contributed by atoms with van der Waals surface area (Å²) in [6, 6.07) is 14.7. The standard InChI is InChI=1S/C18H18N2O2/c1-12-7-9-14(10-8-12)19-15-11-17(21)20(18(15)22)16-6-4-3-5-13(16)2/h3-10,15,19H,11H2,1-2H3/t15-/m0/s1. The van der Waals surface area contributed by atoms with Crippen molar-refractivity contribution in [3.63, 3.8) is 0 Å². The Kier molecular flexibility index (Phi) is 3.67. The van der Waals surface area contributed by atoms with Crippen LogP contribution >= 0.6 is 0 Å². The number of nitrogens with zero attached hydrogens (tertiary/aromatic N) is 1. The fraction of sp³-hybridized carbons (Fsp3) is 0.222. The van der Waals surface area contributed by atoms with E-state index in [4.69, 9.17) is 0 Å². The number of aryl methyl sites for hydroxylation is 2. The Labute approximate surface area is 129 Å². The molecule has 0 bridgehead atoms. The Hall–Kier alpha value is -2.62. The van der Waals surface area contributed by atoms with E-state index < -0.39 is 6.04 Å². The number of amides is 2. The van der Waals surface area contributed by atoms with E-state index in [1.165, 1.54) is 4.90 Å². The van der Waals surface area contributed by atoms with Crippen LogP contribution in [0.25, 0.3) is 0 Å². The molecule has 112 valence electrons. The molecule has 4 nitrogen and oxygen atoms in total. The van der Waals surface area contributed by atoms with E-state index in [0.29, 0.717) is 5.69 Å². The molecule has 0 radical (unpaired) electrons. The maximum atomic E-state index is 12.6. The third-order valence-electron chi connectivity index (χ3n) is 3.90. The lowest BCUT2D eigenvalue weighted by atomic mass is 10.2. The molecule has 0 aromatic heterocycles. The second-order valence-electron chi connectivity index (χ2n) is 5.62. The zero-order valence-corrected chi connectivity index (χ0v) is 12.7. The van der Waals surface area contributed by atoms with Gasteiger partial charge >= 0.3 is 0 Å². The maximum absolute atomic E-state index is 12.6. The fourth-order valence-corrected chi connectivity index (χ4v) is 2.66. The number of para-hydroxylation sites is 1. The van der Waals surface area contributed by atoms with Gasteiger partial charge in [-0.15, -0.1) is 0 Å². The van der Waals surface area contributed by atoms with Crippen LogP contribution in [-0.2, 0) is 9.59 Å². The quantitative estimate of drug-likeness (QED) is 0.885. The molecular formula is C18H18N2O2. The number of carbonyl (C=O) groups excluding carboxylic acids is 2. The van der Waals surface area contributed by atoms with Gasteiger partial charge in [0.1, 0.15) is 6.04 Å². The summed E-state index contributed by atoms with van der Waals surface area (Å²) >= 11 is 0. The smallest absolute Gasteiger partial charge is 0.256 e. The monoisotopic (exact) mass is 294 g/mol. The molecule has 0 saturated carbocycles. The van der Waals surface area contributed by atoms with Crippen molar-refractivity contribution in [1.29, 1.82) is 0 Å². The Morgan fingerprint density at radius 2 is 1.68 bits per heavy atom. The minimum atomic E-state index is -0.505. The highest BCUT2D eigenvalue weighted by Gasteiger charge is 2.39. The van der Waals surface area contributed by atoms with Crippen molar-refractivity contribution in [2.45, 2.75) is 26.3 Å². The Balaban J connectivity index is 1.82. The minimum Gasteiger partial charge on any atom is -0.373 e. The Morgan fingerprint density at radius 3 is 2.36 bits per heavy atom. The number of rotatable bonds is 3. The lowest BCUT2D eigenvalue weighted by molar-refractivity contribution is -0.121. The average molecular weight is 294 g/mol. The van der Waals surface area contributed by atoms with E-state index in [2.05, 4.69) is 5.32 Å². The third kappa shape index (κ3) is 2.60. The first-order valence-electron chi connectivity index (χ1n) is 7.32. The number of carbonyl (C=O) groups is 2. The second kappa shape index (κ2) is 5.64. The van der Waals surface area contributed by atoms with Crippen molar-refractivity contribution in [3.8, 4) is 0 Å². The van der Waals surface area contributed by atoms with Crippen molar-refractivity contribution in [1.82, 2.24) is 0 Å². The van der Waals surface area contributed by atoms with Gasteiger partial charge in [-0.25, -0.2) is 4.90 Å². The third-order valence-corrected chi connectivity index (χ3v) is 3.90. The molecule has 1 atom stereocenters. The van der Waals surface area contributed by atoms with Crippen molar-refractivity contribution < 1.29 is 9.59 Å². The molecule has 0 aliphatic carbocycles. The average Bonchev–Trinajstić information content (AvgIpc) is 2.77. The van der Waals surface area contributed by atoms with Crippen LogP contribution in [-0.4, -0.2) is 17.9 Å². The first-order valence-corrected chi connectivity index (χ1v) is 7.32. The van der Waals surface area contributed by atoms with Crippen molar-refractivity contribution in [2.75, 3.05) is 10.2 Å². The lowest BCUT2D eigenvalue weighted by Crippen LogP contribution is -2.35. The molecule has 1 heterocycles. The topological polar surface area (TPSA) is 49.4 Å². The van der Waals surface area contributed by atoms with Crippen molar-refractivity contribution in [3.05, 3.63) is 59.7 Å². The summed E-state index contributed by atoms with van der Waals surface area (Å²) in [5.41, 5.74) is 3.59. The highest BCUT2D eigenvalue weighted by atomic mass is 16.2. The SMILES string of the molecule is Cc1ccc(N[C@H]2CC(=O)N(c3ccccc3C)C2=O)cc1. The number of hydrogen-bond donors (Lipinski definition) is 1. The lowest BCUT2D eigenvalue weighted by Gasteiger charge is -2.18. The number of benzene rings is 2. The van der Waals surface area contributed by atoms with Gasteiger partial charge in [-0.05, 0) is 37.6 Å². The normalized spacial score (nSPS) is 17.9. The van der Waals surface area contributed by atoms with Gasteiger partial charge < -0.3 is 5.32 Å². The summed E-state index contributed by atoms with van der Waals surface area (Å²) in [5.74, 6) is -0.358. The molecule has 4 heteroatoms. The van der Waals surface area contributed by atoms with E-state index in [1.807, 2.05) is 56.3 Å². The molecule has 0 spiro atoms. The summed E-state index contributed by atoms with van der Waals surface area (Å²) in [6.07, 6.45) is 0.182. The summed E-state index contributed by atoms with van der Waals surface area (Å²) < 4.78 is 0. The molecule has 22 heavy (non-hydrogen) atoms.